The minimum Gasteiger partial charge on any atom is -0.481 e. The third-order valence-corrected chi connectivity index (χ3v) is 9.28. The highest BCUT2D eigenvalue weighted by Crippen LogP contribution is 2.29. The second-order valence-electron chi connectivity index (χ2n) is 13.1. The van der Waals surface area contributed by atoms with Gasteiger partial charge in [0.2, 0.25) is 17.7 Å². The van der Waals surface area contributed by atoms with Crippen molar-refractivity contribution in [2.75, 3.05) is 53.0 Å². The number of rotatable bonds is 16. The zero-order valence-electron chi connectivity index (χ0n) is 29.6. The van der Waals surface area contributed by atoms with Gasteiger partial charge < -0.3 is 39.4 Å². The lowest BCUT2D eigenvalue weighted by Crippen LogP contribution is -2.55. The smallest absolute Gasteiger partial charge is 0.481 e. The minimum atomic E-state index is -1.19. The number of likely N-dealkylation sites (tertiary alicyclic amines) is 1. The van der Waals surface area contributed by atoms with Crippen LogP contribution in [0.25, 0.3) is 5.69 Å². The monoisotopic (exact) mass is 725 g/mol. The molecule has 2 N–H and O–H groups in total. The Morgan fingerprint density at radius 2 is 1.75 bits per heavy atom. The molecule has 2 aromatic rings. The summed E-state index contributed by atoms with van der Waals surface area (Å²) in [6, 6.07) is 8.63. The molecule has 1 saturated carbocycles. The first kappa shape index (κ1) is 38.1. The van der Waals surface area contributed by atoms with Gasteiger partial charge in [-0.1, -0.05) is 31.5 Å². The molecule has 5 rings (SSSR count). The van der Waals surface area contributed by atoms with Crippen LogP contribution >= 0.6 is 0 Å². The molecule has 2 atom stereocenters. The van der Waals surface area contributed by atoms with Crippen molar-refractivity contribution in [3.05, 3.63) is 42.1 Å². The van der Waals surface area contributed by atoms with Gasteiger partial charge in [-0.05, 0) is 50.7 Å². The van der Waals surface area contributed by atoms with E-state index in [1.54, 1.807) is 47.2 Å². The Morgan fingerprint density at radius 1 is 1.02 bits per heavy atom. The van der Waals surface area contributed by atoms with Gasteiger partial charge in [0, 0.05) is 45.2 Å². The van der Waals surface area contributed by atoms with E-state index < -0.39 is 42.6 Å². The molecule has 0 bridgehead atoms. The number of likely N-dealkylation sites (N-methyl/N-ethyl adjacent to an activating group) is 1. The zero-order valence-corrected chi connectivity index (χ0v) is 29.6. The van der Waals surface area contributed by atoms with Gasteiger partial charge >= 0.3 is 12.1 Å². The molecule has 3 fully saturated rings. The number of aromatic nitrogens is 2. The number of nitrogens with one attached hydrogen (secondary N) is 1. The summed E-state index contributed by atoms with van der Waals surface area (Å²) in [4.78, 5) is 87.0. The van der Waals surface area contributed by atoms with Crippen molar-refractivity contribution in [1.29, 1.82) is 0 Å². The van der Waals surface area contributed by atoms with E-state index in [1.165, 1.54) is 20.7 Å². The number of para-hydroxylation sites is 1. The predicted molar refractivity (Wildman–Crippen MR) is 183 cm³/mol. The predicted octanol–water partition coefficient (Wildman–Crippen LogP) is 1.84. The highest BCUT2D eigenvalue weighted by atomic mass is 16.8. The standard InChI is InChI=1S/C35H47N7O10/c1-3-4-21-50-35(49)52-40-19-17-39(18-20-40)33(47)26(14-15-31(44)45)36-32(46)27-22-30(42(37-27)25-9-6-5-7-10-25)51-23-29(43)41-16-8-11-28(41)34(48)38(2)24-12-13-24/h5-7,9-10,22,24,26,28H,3-4,8,11-21,23H2,1-2H3,(H,36,46)(H,44,45)/t26-,28-/m0/s1. The molecular formula is C35H47N7O10. The van der Waals surface area contributed by atoms with E-state index in [1.807, 2.05) is 6.92 Å². The Hall–Kier alpha value is -5.19. The first-order chi connectivity index (χ1) is 25.0. The van der Waals surface area contributed by atoms with Gasteiger partial charge in [0.25, 0.3) is 11.8 Å². The second kappa shape index (κ2) is 17.8. The molecule has 0 spiro atoms. The third-order valence-electron chi connectivity index (χ3n) is 9.28. The summed E-state index contributed by atoms with van der Waals surface area (Å²) >= 11 is 0. The van der Waals surface area contributed by atoms with Crippen LogP contribution in [0, 0.1) is 0 Å². The van der Waals surface area contributed by atoms with Crippen LogP contribution in [0.2, 0.25) is 0 Å². The van der Waals surface area contributed by atoms with Crippen LogP contribution in [0.1, 0.15) is 68.8 Å². The average molecular weight is 726 g/mol. The number of carbonyl (C=O) groups excluding carboxylic acids is 5. The van der Waals surface area contributed by atoms with E-state index in [0.717, 1.165) is 19.3 Å². The number of ether oxygens (including phenoxy) is 2. The lowest BCUT2D eigenvalue weighted by molar-refractivity contribution is -0.158. The number of piperazine rings is 1. The molecule has 3 heterocycles. The normalized spacial score (nSPS) is 18.0. The van der Waals surface area contributed by atoms with Crippen molar-refractivity contribution in [2.24, 2.45) is 0 Å². The van der Waals surface area contributed by atoms with E-state index in [0.29, 0.717) is 31.5 Å². The SMILES string of the molecule is CCCCOC(=O)ON1CCN(C(=O)[C@H](CCC(=O)O)NC(=O)c2cc(OCC(=O)N3CCC[C@H]3C(=O)N(C)C3CC3)n(-c3ccccc3)n2)CC1. The quantitative estimate of drug-likeness (QED) is 0.189. The van der Waals surface area contributed by atoms with Crippen LogP contribution < -0.4 is 10.1 Å². The Labute approximate surface area is 301 Å². The second-order valence-corrected chi connectivity index (χ2v) is 13.1. The van der Waals surface area contributed by atoms with Crippen molar-refractivity contribution in [3.63, 3.8) is 0 Å². The van der Waals surface area contributed by atoms with Crippen LogP contribution in [0.4, 0.5) is 4.79 Å². The number of amides is 4. The van der Waals surface area contributed by atoms with Gasteiger partial charge in [-0.2, -0.15) is 5.10 Å². The Morgan fingerprint density at radius 3 is 2.42 bits per heavy atom. The van der Waals surface area contributed by atoms with Gasteiger partial charge in [-0.25, -0.2) is 9.48 Å². The maximum Gasteiger partial charge on any atom is 0.527 e. The molecule has 2 aliphatic heterocycles. The van der Waals surface area contributed by atoms with Crippen LogP contribution in [0.3, 0.4) is 0 Å². The minimum absolute atomic E-state index is 0.0775. The van der Waals surface area contributed by atoms with E-state index in [2.05, 4.69) is 10.4 Å². The summed E-state index contributed by atoms with van der Waals surface area (Å²) < 4.78 is 12.3. The average Bonchev–Trinajstić information content (AvgIpc) is 3.71. The maximum absolute atomic E-state index is 13.6. The molecule has 17 heteroatoms. The molecule has 3 aliphatic rings. The van der Waals surface area contributed by atoms with E-state index in [-0.39, 0.29) is 75.1 Å². The zero-order chi connectivity index (χ0) is 37.2. The molecule has 52 heavy (non-hydrogen) atoms. The van der Waals surface area contributed by atoms with Crippen LogP contribution in [-0.2, 0) is 28.8 Å². The molecule has 0 radical (unpaired) electrons. The number of nitrogens with zero attached hydrogens (tertiary/aromatic N) is 6. The molecule has 17 nitrogen and oxygen atoms in total. The van der Waals surface area contributed by atoms with Gasteiger partial charge in [-0.3, -0.25) is 24.0 Å². The van der Waals surface area contributed by atoms with Crippen molar-refractivity contribution in [2.45, 2.75) is 76.4 Å². The number of carbonyl (C=O) groups is 6. The molecule has 4 amide bonds. The number of hydroxylamine groups is 2. The fourth-order valence-corrected chi connectivity index (χ4v) is 6.16. The van der Waals surface area contributed by atoms with Gasteiger partial charge in [0.1, 0.15) is 12.1 Å². The summed E-state index contributed by atoms with van der Waals surface area (Å²) in [7, 11) is 1.77. The molecular weight excluding hydrogens is 678 g/mol. The third kappa shape index (κ3) is 9.98. The fourth-order valence-electron chi connectivity index (χ4n) is 6.16. The highest BCUT2D eigenvalue weighted by molar-refractivity contribution is 5.96. The largest absolute Gasteiger partial charge is 0.527 e. The summed E-state index contributed by atoms with van der Waals surface area (Å²) in [6.07, 6.45) is 3.39. The first-order valence-corrected chi connectivity index (χ1v) is 17.8. The number of carboxylic acid groups (broad SMARTS) is 1. The van der Waals surface area contributed by atoms with Crippen LogP contribution in [-0.4, -0.2) is 142 Å². The van der Waals surface area contributed by atoms with Crippen molar-refractivity contribution < 1.29 is 48.2 Å². The maximum atomic E-state index is 13.6. The van der Waals surface area contributed by atoms with Gasteiger partial charge in [-0.15, -0.1) is 5.06 Å². The van der Waals surface area contributed by atoms with Crippen molar-refractivity contribution in [3.8, 4) is 11.6 Å². The molecule has 1 aliphatic carbocycles. The van der Waals surface area contributed by atoms with Gasteiger partial charge in [0.15, 0.2) is 12.3 Å². The topological polar surface area (TPSA) is 193 Å². The molecule has 2 saturated heterocycles. The number of unbranched alkanes of at least 4 members (excludes halogenated alkanes) is 1. The number of hydrogen-bond donors (Lipinski definition) is 2. The summed E-state index contributed by atoms with van der Waals surface area (Å²) in [5.74, 6) is -2.75. The van der Waals surface area contributed by atoms with Crippen molar-refractivity contribution in [1.82, 2.24) is 34.9 Å². The fraction of sp³-hybridized carbons (Fsp3) is 0.571. The number of aliphatic carboxylic acids is 1. The summed E-state index contributed by atoms with van der Waals surface area (Å²) in [5, 5.41) is 17.8. The summed E-state index contributed by atoms with van der Waals surface area (Å²) in [5.41, 5.74) is 0.414. The number of carboxylic acids is 1. The van der Waals surface area contributed by atoms with Crippen LogP contribution in [0.15, 0.2) is 36.4 Å². The lowest BCUT2D eigenvalue weighted by Gasteiger charge is -2.35. The molecule has 1 aromatic heterocycles. The highest BCUT2D eigenvalue weighted by Gasteiger charge is 2.40. The van der Waals surface area contributed by atoms with E-state index >= 15 is 0 Å². The van der Waals surface area contributed by atoms with E-state index in [4.69, 9.17) is 14.3 Å². The lowest BCUT2D eigenvalue weighted by atomic mass is 10.1. The first-order valence-electron chi connectivity index (χ1n) is 17.8. The van der Waals surface area contributed by atoms with Gasteiger partial charge in [0.05, 0.1) is 25.4 Å². The molecule has 1 aromatic carbocycles. The summed E-state index contributed by atoms with van der Waals surface area (Å²) in [6.45, 7) is 2.95. The Kier molecular flexibility index (Phi) is 13.1. The Balaban J connectivity index is 1.24. The van der Waals surface area contributed by atoms with E-state index in [9.17, 15) is 33.9 Å². The van der Waals surface area contributed by atoms with Crippen LogP contribution in [0.5, 0.6) is 5.88 Å². The molecule has 282 valence electrons. The number of hydrogen-bond acceptors (Lipinski definition) is 11. The molecule has 0 unspecified atom stereocenters. The number of benzene rings is 1. The Bertz CT molecular complexity index is 1590. The van der Waals surface area contributed by atoms with Crippen molar-refractivity contribution >= 4 is 35.8 Å².